The summed E-state index contributed by atoms with van der Waals surface area (Å²) in [6, 6.07) is 0. The van der Waals surface area contributed by atoms with E-state index in [1.165, 1.54) is 88.2 Å². The van der Waals surface area contributed by atoms with Gasteiger partial charge in [-0.25, -0.2) is 0 Å². The van der Waals surface area contributed by atoms with E-state index < -0.39 is 0 Å². The Labute approximate surface area is 169 Å². The van der Waals surface area contributed by atoms with E-state index in [9.17, 15) is 0 Å². The molecule has 0 saturated heterocycles. The summed E-state index contributed by atoms with van der Waals surface area (Å²) < 4.78 is 0. The van der Waals surface area contributed by atoms with Gasteiger partial charge in [0, 0.05) is 0 Å². The van der Waals surface area contributed by atoms with Crippen LogP contribution in [0.1, 0.15) is 105 Å². The van der Waals surface area contributed by atoms with E-state index in [1.54, 1.807) is 5.57 Å². The molecule has 27 heavy (non-hydrogen) atoms. The second kappa shape index (κ2) is 9.15. The smallest absolute Gasteiger partial charge is 0.0143 e. The topological polar surface area (TPSA) is 0 Å². The predicted octanol–water partition coefficient (Wildman–Crippen LogP) is 8.65. The number of allylic oxidation sites excluding steroid dienone is 5. The minimum absolute atomic E-state index is 0.559. The van der Waals surface area contributed by atoms with Crippen LogP contribution in [0.25, 0.3) is 0 Å². The van der Waals surface area contributed by atoms with Crippen molar-refractivity contribution in [3.63, 3.8) is 0 Å². The normalized spacial score (nSPS) is 35.8. The lowest BCUT2D eigenvalue weighted by Crippen LogP contribution is -2.36. The molecule has 0 amide bonds. The fourth-order valence-corrected chi connectivity index (χ4v) is 6.66. The predicted molar refractivity (Wildman–Crippen MR) is 120 cm³/mol. The van der Waals surface area contributed by atoms with Gasteiger partial charge >= 0.3 is 0 Å². The average Bonchev–Trinajstić information content (AvgIpc) is 2.98. The molecule has 0 spiro atoms. The quantitative estimate of drug-likeness (QED) is 0.440. The second-order valence-electron chi connectivity index (χ2n) is 10.6. The van der Waals surface area contributed by atoms with Gasteiger partial charge in [-0.15, -0.1) is 0 Å². The highest BCUT2D eigenvalue weighted by atomic mass is 14.5. The summed E-state index contributed by atoms with van der Waals surface area (Å²) >= 11 is 0. The molecule has 0 N–H and O–H groups in total. The van der Waals surface area contributed by atoms with E-state index in [1.807, 2.05) is 0 Å². The van der Waals surface area contributed by atoms with Crippen LogP contribution in [0.2, 0.25) is 0 Å². The van der Waals surface area contributed by atoms with Crippen molar-refractivity contribution >= 4 is 0 Å². The zero-order chi connectivity index (χ0) is 19.4. The fraction of sp³-hybridized carbons (Fsp3) is 0.778. The van der Waals surface area contributed by atoms with Crippen molar-refractivity contribution in [2.24, 2.45) is 29.1 Å². The SMILES string of the molecule is C=C1CCCC/C1=C/C=C1\CCCC2(C)C1CC[C@@H]2[C@H](C)CCCC(C)C. The molecule has 0 aromatic heterocycles. The van der Waals surface area contributed by atoms with Gasteiger partial charge in [0.05, 0.1) is 0 Å². The molecular weight excluding hydrogens is 324 g/mol. The van der Waals surface area contributed by atoms with Gasteiger partial charge in [-0.2, -0.15) is 0 Å². The van der Waals surface area contributed by atoms with Gasteiger partial charge in [-0.05, 0) is 92.4 Å². The molecule has 2 unspecified atom stereocenters. The molecule has 0 bridgehead atoms. The van der Waals surface area contributed by atoms with Crippen molar-refractivity contribution < 1.29 is 0 Å². The van der Waals surface area contributed by atoms with Gasteiger partial charge in [0.2, 0.25) is 0 Å². The maximum atomic E-state index is 4.32. The van der Waals surface area contributed by atoms with E-state index in [-0.39, 0.29) is 0 Å². The van der Waals surface area contributed by atoms with E-state index in [2.05, 4.69) is 46.4 Å². The van der Waals surface area contributed by atoms with Crippen molar-refractivity contribution in [1.82, 2.24) is 0 Å². The maximum Gasteiger partial charge on any atom is -0.0143 e. The lowest BCUT2D eigenvalue weighted by atomic mass is 9.60. The molecule has 0 aromatic rings. The molecule has 3 aliphatic carbocycles. The largest absolute Gasteiger partial charge is 0.0956 e. The third-order valence-corrected chi connectivity index (χ3v) is 8.29. The molecule has 0 aromatic carbocycles. The van der Waals surface area contributed by atoms with Crippen LogP contribution in [0.15, 0.2) is 35.5 Å². The highest BCUT2D eigenvalue weighted by Crippen LogP contribution is 2.59. The van der Waals surface area contributed by atoms with E-state index in [0.717, 1.165) is 23.7 Å². The summed E-state index contributed by atoms with van der Waals surface area (Å²) in [7, 11) is 0. The van der Waals surface area contributed by atoms with E-state index >= 15 is 0 Å². The van der Waals surface area contributed by atoms with Crippen LogP contribution in [0.4, 0.5) is 0 Å². The molecule has 0 aliphatic heterocycles. The van der Waals surface area contributed by atoms with E-state index in [4.69, 9.17) is 0 Å². The molecule has 3 fully saturated rings. The van der Waals surface area contributed by atoms with Crippen LogP contribution in [-0.2, 0) is 0 Å². The molecule has 0 radical (unpaired) electrons. The molecule has 3 aliphatic rings. The third kappa shape index (κ3) is 4.80. The zero-order valence-corrected chi connectivity index (χ0v) is 18.7. The molecule has 3 saturated carbocycles. The Morgan fingerprint density at radius 1 is 1.00 bits per heavy atom. The van der Waals surface area contributed by atoms with Gasteiger partial charge < -0.3 is 0 Å². The van der Waals surface area contributed by atoms with Crippen LogP contribution in [-0.4, -0.2) is 0 Å². The third-order valence-electron chi connectivity index (χ3n) is 8.29. The van der Waals surface area contributed by atoms with Gasteiger partial charge in [-0.3, -0.25) is 0 Å². The standard InChI is InChI=1S/C27H44/c1-20(2)10-8-12-22(4)25-17-18-26-24(14-9-19-27(25,26)5)16-15-23-13-7-6-11-21(23)3/h15-16,20,22,25-26H,3,6-14,17-19H2,1-2,4-5H3/b23-15-,24-16+/t22-,25-,26?,27?/m1/s1. The van der Waals surface area contributed by atoms with Crippen LogP contribution in [0.5, 0.6) is 0 Å². The molecule has 4 atom stereocenters. The Morgan fingerprint density at radius 2 is 1.78 bits per heavy atom. The summed E-state index contributed by atoms with van der Waals surface area (Å²) in [5.41, 5.74) is 5.27. The van der Waals surface area contributed by atoms with Crippen molar-refractivity contribution in [3.8, 4) is 0 Å². The highest BCUT2D eigenvalue weighted by Gasteiger charge is 2.50. The lowest BCUT2D eigenvalue weighted by molar-refractivity contribution is 0.0929. The second-order valence-corrected chi connectivity index (χ2v) is 10.6. The number of fused-ring (bicyclic) bond motifs is 1. The van der Waals surface area contributed by atoms with Gasteiger partial charge in [0.1, 0.15) is 0 Å². The Hall–Kier alpha value is -0.780. The van der Waals surface area contributed by atoms with E-state index in [0.29, 0.717) is 5.41 Å². The molecular formula is C27H44. The minimum atomic E-state index is 0.559. The molecule has 0 heteroatoms. The Bertz CT molecular complexity index is 575. The fourth-order valence-electron chi connectivity index (χ4n) is 6.66. The summed E-state index contributed by atoms with van der Waals surface area (Å²) in [4.78, 5) is 0. The van der Waals surface area contributed by atoms with Crippen molar-refractivity contribution in [1.29, 1.82) is 0 Å². The molecule has 0 nitrogen and oxygen atoms in total. The first-order valence-electron chi connectivity index (χ1n) is 12.0. The Balaban J connectivity index is 1.69. The minimum Gasteiger partial charge on any atom is -0.0956 e. The van der Waals surface area contributed by atoms with Gasteiger partial charge in [0.25, 0.3) is 0 Å². The molecule has 3 rings (SSSR count). The first kappa shape index (κ1) is 20.9. The average molecular weight is 369 g/mol. The summed E-state index contributed by atoms with van der Waals surface area (Å²) in [6.07, 6.45) is 21.5. The first-order valence-corrected chi connectivity index (χ1v) is 12.0. The molecule has 152 valence electrons. The lowest BCUT2D eigenvalue weighted by Gasteiger charge is -2.44. The van der Waals surface area contributed by atoms with Crippen molar-refractivity contribution in [2.45, 2.75) is 105 Å². The summed E-state index contributed by atoms with van der Waals surface area (Å²) in [5.74, 6) is 3.54. The Kier molecular flexibility index (Phi) is 7.09. The van der Waals surface area contributed by atoms with Crippen LogP contribution in [0, 0.1) is 29.1 Å². The Morgan fingerprint density at radius 3 is 2.52 bits per heavy atom. The van der Waals surface area contributed by atoms with Crippen LogP contribution < -0.4 is 0 Å². The van der Waals surface area contributed by atoms with Crippen LogP contribution >= 0.6 is 0 Å². The highest BCUT2D eigenvalue weighted by molar-refractivity contribution is 5.35. The first-order chi connectivity index (χ1) is 12.9. The summed E-state index contributed by atoms with van der Waals surface area (Å²) in [5, 5.41) is 0. The number of hydrogen-bond acceptors (Lipinski definition) is 0. The van der Waals surface area contributed by atoms with Crippen LogP contribution in [0.3, 0.4) is 0 Å². The number of hydrogen-bond donors (Lipinski definition) is 0. The van der Waals surface area contributed by atoms with Crippen molar-refractivity contribution in [2.75, 3.05) is 0 Å². The zero-order valence-electron chi connectivity index (χ0n) is 18.7. The number of rotatable bonds is 6. The van der Waals surface area contributed by atoms with Crippen molar-refractivity contribution in [3.05, 3.63) is 35.5 Å². The monoisotopic (exact) mass is 368 g/mol. The van der Waals surface area contributed by atoms with Gasteiger partial charge in [-0.1, -0.05) is 76.8 Å². The van der Waals surface area contributed by atoms with Gasteiger partial charge in [0.15, 0.2) is 0 Å². The maximum absolute atomic E-state index is 4.32. The molecule has 0 heterocycles. The summed E-state index contributed by atoms with van der Waals surface area (Å²) in [6.45, 7) is 14.3.